The Kier molecular flexibility index (Phi) is 2.17. The van der Waals surface area contributed by atoms with Gasteiger partial charge in [-0.1, -0.05) is 0 Å². The largest absolute Gasteiger partial charge is 0.343 e. The van der Waals surface area contributed by atoms with E-state index in [1.165, 1.54) is 45.3 Å². The van der Waals surface area contributed by atoms with E-state index in [0.29, 0.717) is 5.54 Å². The van der Waals surface area contributed by atoms with E-state index in [-0.39, 0.29) is 0 Å². The zero-order valence-electron chi connectivity index (χ0n) is 8.34. The zero-order valence-corrected chi connectivity index (χ0v) is 8.34. The molecule has 0 aromatic heterocycles. The van der Waals surface area contributed by atoms with E-state index in [1.807, 2.05) is 0 Å². The van der Waals surface area contributed by atoms with Crippen LogP contribution in [0.4, 0.5) is 0 Å². The molecule has 0 aromatic carbocycles. The molecule has 2 saturated heterocycles. The molecule has 0 bridgehead atoms. The van der Waals surface area contributed by atoms with Gasteiger partial charge in [-0.25, -0.2) is 0 Å². The number of piperidine rings is 1. The highest BCUT2D eigenvalue weighted by molar-refractivity contribution is 6.05. The van der Waals surface area contributed by atoms with Gasteiger partial charge in [0.25, 0.3) is 0 Å². The van der Waals surface area contributed by atoms with Gasteiger partial charge in [0.1, 0.15) is 0 Å². The summed E-state index contributed by atoms with van der Waals surface area (Å²) in [4.78, 5) is 5.08. The van der Waals surface area contributed by atoms with Crippen molar-refractivity contribution in [2.75, 3.05) is 26.7 Å². The number of hydrogen-bond acceptors (Lipinski definition) is 2. The predicted octanol–water partition coefficient (Wildman–Crippen LogP) is 0.0947. The van der Waals surface area contributed by atoms with Crippen LogP contribution in [0.1, 0.15) is 25.7 Å². The molecule has 1 unspecified atom stereocenters. The number of hydrogen-bond donors (Lipinski definition) is 0. The van der Waals surface area contributed by atoms with Gasteiger partial charge in [0, 0.05) is 12.1 Å². The maximum Gasteiger partial charge on any atom is 0.186 e. The molecule has 0 aliphatic carbocycles. The summed E-state index contributed by atoms with van der Waals surface area (Å²) in [6.45, 7) is 3.91. The number of likely N-dealkylation sites (tertiary alicyclic amines) is 1. The van der Waals surface area contributed by atoms with Crippen LogP contribution in [-0.4, -0.2) is 49.9 Å². The summed E-state index contributed by atoms with van der Waals surface area (Å²) >= 11 is 0. The Morgan fingerprint density at radius 3 is 2.42 bits per heavy atom. The molecule has 1 atom stereocenters. The molecule has 2 nitrogen and oxygen atoms in total. The first-order valence-electron chi connectivity index (χ1n) is 5.13. The molecule has 2 fully saturated rings. The molecule has 2 heterocycles. The number of likely N-dealkylation sites (N-methyl/N-ethyl adjacent to an activating group) is 1. The third-order valence-corrected chi connectivity index (χ3v) is 3.69. The molecule has 0 aromatic rings. The molecule has 0 amide bonds. The van der Waals surface area contributed by atoms with E-state index in [1.54, 1.807) is 0 Å². The van der Waals surface area contributed by atoms with Gasteiger partial charge >= 0.3 is 0 Å². The molecule has 0 saturated carbocycles. The molecule has 2 aliphatic heterocycles. The molecule has 12 heavy (non-hydrogen) atoms. The van der Waals surface area contributed by atoms with E-state index >= 15 is 0 Å². The quantitative estimate of drug-likeness (QED) is 0.471. The summed E-state index contributed by atoms with van der Waals surface area (Å²) in [5.41, 5.74) is 0.562. The van der Waals surface area contributed by atoms with Gasteiger partial charge in [0.2, 0.25) is 0 Å². The average Bonchev–Trinajstić information content (AvgIpc) is 2.33. The first-order valence-corrected chi connectivity index (χ1v) is 5.13. The molecule has 3 heteroatoms. The van der Waals surface area contributed by atoms with E-state index in [4.69, 9.17) is 0 Å². The zero-order chi connectivity index (χ0) is 8.60. The Balaban J connectivity index is 2.08. The molecule has 68 valence electrons. The number of nitrogens with zero attached hydrogens (tertiary/aromatic N) is 2. The highest BCUT2D eigenvalue weighted by Gasteiger charge is 2.40. The topological polar surface area (TPSA) is 6.48 Å². The Morgan fingerprint density at radius 2 is 1.83 bits per heavy atom. The fourth-order valence-corrected chi connectivity index (χ4v) is 2.93. The second-order valence-corrected chi connectivity index (χ2v) is 4.59. The molecule has 2 rings (SSSR count). The van der Waals surface area contributed by atoms with E-state index in [9.17, 15) is 0 Å². The minimum atomic E-state index is 0.562. The highest BCUT2D eigenvalue weighted by Crippen LogP contribution is 2.34. The minimum Gasteiger partial charge on any atom is -0.343 e. The number of rotatable bonds is 0. The van der Waals surface area contributed by atoms with E-state index in [0.717, 1.165) is 0 Å². The van der Waals surface area contributed by atoms with Crippen LogP contribution in [0.15, 0.2) is 0 Å². The molecule has 0 N–H and O–H groups in total. The highest BCUT2D eigenvalue weighted by atomic mass is 15.2. The van der Waals surface area contributed by atoms with Crippen LogP contribution < -0.4 is 0 Å². The van der Waals surface area contributed by atoms with Crippen molar-refractivity contribution in [2.24, 2.45) is 0 Å². The normalized spacial score (nSPS) is 39.4. The van der Waals surface area contributed by atoms with Gasteiger partial charge in [-0.3, -0.25) is 0 Å². The Morgan fingerprint density at radius 1 is 1.17 bits per heavy atom. The van der Waals surface area contributed by atoms with Gasteiger partial charge in [0.05, 0.1) is 0 Å². The van der Waals surface area contributed by atoms with Crippen molar-refractivity contribution in [3.8, 4) is 0 Å². The van der Waals surface area contributed by atoms with Gasteiger partial charge in [0.15, 0.2) is 7.98 Å². The third-order valence-electron chi connectivity index (χ3n) is 3.69. The summed E-state index contributed by atoms with van der Waals surface area (Å²) in [5, 5.41) is 0. The standard InChI is InChI=1S/C9H19BN2/c1-11-6-2-4-9(8-11)5-3-7-12(9)10/h2-8,10H2,1H3. The first-order chi connectivity index (χ1) is 5.73. The summed E-state index contributed by atoms with van der Waals surface area (Å²) < 4.78 is 0. The lowest BCUT2D eigenvalue weighted by molar-refractivity contribution is 0.109. The molecule has 2 aliphatic rings. The second-order valence-electron chi connectivity index (χ2n) is 4.59. The van der Waals surface area contributed by atoms with Crippen LogP contribution >= 0.6 is 0 Å². The summed E-state index contributed by atoms with van der Waals surface area (Å²) in [6.07, 6.45) is 5.65. The van der Waals surface area contributed by atoms with Crippen molar-refractivity contribution in [1.29, 1.82) is 0 Å². The van der Waals surface area contributed by atoms with E-state index < -0.39 is 0 Å². The lowest BCUT2D eigenvalue weighted by atomic mass is 9.85. The fourth-order valence-electron chi connectivity index (χ4n) is 2.93. The van der Waals surface area contributed by atoms with Crippen molar-refractivity contribution in [1.82, 2.24) is 9.71 Å². The van der Waals surface area contributed by atoms with Gasteiger partial charge in [-0.15, -0.1) is 0 Å². The third kappa shape index (κ3) is 1.29. The maximum absolute atomic E-state index is 2.59. The lowest BCUT2D eigenvalue weighted by Crippen LogP contribution is -2.53. The smallest absolute Gasteiger partial charge is 0.186 e. The van der Waals surface area contributed by atoms with Crippen LogP contribution in [-0.2, 0) is 0 Å². The maximum atomic E-state index is 2.59. The molecule has 0 radical (unpaired) electrons. The van der Waals surface area contributed by atoms with Gasteiger partial charge < -0.3 is 9.71 Å². The first kappa shape index (κ1) is 8.58. The SMILES string of the molecule is BN1CCCC12CCCN(C)C2. The molecular formula is C9H19BN2. The Hall–Kier alpha value is -0.0151. The van der Waals surface area contributed by atoms with Gasteiger partial charge in [-0.05, 0) is 45.8 Å². The summed E-state index contributed by atoms with van der Waals surface area (Å²) in [6, 6.07) is 0. The van der Waals surface area contributed by atoms with Crippen molar-refractivity contribution in [3.05, 3.63) is 0 Å². The monoisotopic (exact) mass is 166 g/mol. The minimum absolute atomic E-state index is 0.562. The van der Waals surface area contributed by atoms with Crippen LogP contribution in [0, 0.1) is 0 Å². The summed E-state index contributed by atoms with van der Waals surface area (Å²) in [7, 11) is 4.55. The van der Waals surface area contributed by atoms with Crippen LogP contribution in [0.2, 0.25) is 0 Å². The second kappa shape index (κ2) is 3.04. The van der Waals surface area contributed by atoms with Crippen molar-refractivity contribution >= 4 is 7.98 Å². The average molecular weight is 166 g/mol. The van der Waals surface area contributed by atoms with Crippen LogP contribution in [0.3, 0.4) is 0 Å². The van der Waals surface area contributed by atoms with Gasteiger partial charge in [-0.2, -0.15) is 0 Å². The van der Waals surface area contributed by atoms with Crippen LogP contribution in [0.5, 0.6) is 0 Å². The summed E-state index contributed by atoms with van der Waals surface area (Å²) in [5.74, 6) is 0. The Bertz CT molecular complexity index is 174. The van der Waals surface area contributed by atoms with Crippen molar-refractivity contribution < 1.29 is 0 Å². The Labute approximate surface area is 76.3 Å². The lowest BCUT2D eigenvalue weighted by Gasteiger charge is -2.44. The predicted molar refractivity (Wildman–Crippen MR) is 53.9 cm³/mol. The molecular weight excluding hydrogens is 147 g/mol. The van der Waals surface area contributed by atoms with E-state index in [2.05, 4.69) is 24.7 Å². The van der Waals surface area contributed by atoms with Crippen molar-refractivity contribution in [2.45, 2.75) is 31.2 Å². The fraction of sp³-hybridized carbons (Fsp3) is 1.00. The van der Waals surface area contributed by atoms with Crippen molar-refractivity contribution in [3.63, 3.8) is 0 Å². The molecule has 1 spiro atoms. The van der Waals surface area contributed by atoms with Crippen LogP contribution in [0.25, 0.3) is 0 Å².